The maximum absolute atomic E-state index is 13.4. The molecule has 160 valence electrons. The van der Waals surface area contributed by atoms with Crippen LogP contribution < -0.4 is 15.4 Å². The van der Waals surface area contributed by atoms with Gasteiger partial charge in [0.15, 0.2) is 11.6 Å². The molecular formula is C19H19F4N5O2. The molecule has 30 heavy (non-hydrogen) atoms. The van der Waals surface area contributed by atoms with Crippen molar-refractivity contribution in [1.29, 1.82) is 0 Å². The molecule has 0 radical (unpaired) electrons. The van der Waals surface area contributed by atoms with Gasteiger partial charge in [-0.2, -0.15) is 8.78 Å². The summed E-state index contributed by atoms with van der Waals surface area (Å²) in [6, 6.07) is 3.19. The van der Waals surface area contributed by atoms with E-state index in [1.165, 1.54) is 12.3 Å². The number of hydrogen-bond acceptors (Lipinski definition) is 7. The van der Waals surface area contributed by atoms with Crippen LogP contribution in [0.1, 0.15) is 31.0 Å². The van der Waals surface area contributed by atoms with Gasteiger partial charge in [0, 0.05) is 43.1 Å². The van der Waals surface area contributed by atoms with Crippen LogP contribution in [-0.4, -0.2) is 52.8 Å². The number of rotatable bonds is 5. The van der Waals surface area contributed by atoms with Gasteiger partial charge in [0.05, 0.1) is 24.4 Å². The highest BCUT2D eigenvalue weighted by atomic mass is 19.3. The first-order valence-electron chi connectivity index (χ1n) is 9.63. The van der Waals surface area contributed by atoms with Gasteiger partial charge in [-0.1, -0.05) is 0 Å². The monoisotopic (exact) mass is 425 g/mol. The summed E-state index contributed by atoms with van der Waals surface area (Å²) in [5.41, 5.74) is 6.39. The lowest BCUT2D eigenvalue weighted by molar-refractivity contribution is -0.0885. The Hall–Kier alpha value is -2.69. The van der Waals surface area contributed by atoms with Crippen LogP contribution in [0.25, 0.3) is 11.3 Å². The fourth-order valence-corrected chi connectivity index (χ4v) is 4.24. The zero-order valence-corrected chi connectivity index (χ0v) is 15.8. The van der Waals surface area contributed by atoms with Crippen molar-refractivity contribution in [3.63, 3.8) is 0 Å². The van der Waals surface area contributed by atoms with E-state index in [9.17, 15) is 17.6 Å². The van der Waals surface area contributed by atoms with E-state index in [2.05, 4.69) is 24.6 Å². The van der Waals surface area contributed by atoms with E-state index in [4.69, 9.17) is 10.5 Å². The van der Waals surface area contributed by atoms with E-state index in [0.717, 1.165) is 6.42 Å². The predicted octanol–water partition coefficient (Wildman–Crippen LogP) is 3.21. The van der Waals surface area contributed by atoms with Crippen LogP contribution in [0, 0.1) is 0 Å². The highest BCUT2D eigenvalue weighted by Gasteiger charge is 2.48. The molecule has 7 nitrogen and oxygen atoms in total. The maximum atomic E-state index is 13.4. The number of pyridine rings is 1. The van der Waals surface area contributed by atoms with Gasteiger partial charge in [-0.05, 0) is 12.5 Å². The molecular weight excluding hydrogens is 406 g/mol. The van der Waals surface area contributed by atoms with E-state index in [-0.39, 0.29) is 36.6 Å². The number of aromatic nitrogens is 3. The van der Waals surface area contributed by atoms with Crippen molar-refractivity contribution in [2.24, 2.45) is 0 Å². The minimum absolute atomic E-state index is 0.120. The smallest absolute Gasteiger partial charge is 0.387 e. The predicted molar refractivity (Wildman–Crippen MR) is 98.7 cm³/mol. The summed E-state index contributed by atoms with van der Waals surface area (Å²) >= 11 is 0. The van der Waals surface area contributed by atoms with Crippen LogP contribution >= 0.6 is 0 Å². The summed E-state index contributed by atoms with van der Waals surface area (Å²) in [5.74, 6) is -2.71. The third-order valence-corrected chi connectivity index (χ3v) is 5.77. The molecule has 0 aromatic carbocycles. The standard InChI is InChI=1S/C19H19F4N5O2/c20-18(21)30-14-1-9(6-25-16(14)24)13-3-15(28-7-12-2-11(28)8-29-12)27-17(26-13)10-4-19(22,23)5-10/h1,3,6,10-12,18H,2,4-5,7-8H2,(H2,24,25). The molecule has 2 aromatic rings. The van der Waals surface area contributed by atoms with Crippen LogP contribution in [-0.2, 0) is 4.74 Å². The van der Waals surface area contributed by atoms with Crippen LogP contribution in [0.5, 0.6) is 5.75 Å². The average Bonchev–Trinajstić information content (AvgIpc) is 3.30. The zero-order chi connectivity index (χ0) is 21.0. The van der Waals surface area contributed by atoms with Crippen molar-refractivity contribution >= 4 is 11.6 Å². The van der Waals surface area contributed by atoms with Crippen LogP contribution in [0.15, 0.2) is 18.3 Å². The molecule has 5 rings (SSSR count). The third-order valence-electron chi connectivity index (χ3n) is 5.77. The van der Waals surface area contributed by atoms with Crippen LogP contribution in [0.2, 0.25) is 0 Å². The summed E-state index contributed by atoms with van der Waals surface area (Å²) in [4.78, 5) is 15.0. The Kier molecular flexibility index (Phi) is 4.46. The van der Waals surface area contributed by atoms with E-state index in [1.807, 2.05) is 0 Å². The minimum atomic E-state index is -3.06. The summed E-state index contributed by atoms with van der Waals surface area (Å²) in [6.45, 7) is -1.82. The Bertz CT molecular complexity index is 968. The second kappa shape index (κ2) is 6.93. The minimum Gasteiger partial charge on any atom is -0.431 e. The topological polar surface area (TPSA) is 86.4 Å². The number of alkyl halides is 4. The van der Waals surface area contributed by atoms with Gasteiger partial charge >= 0.3 is 6.61 Å². The SMILES string of the molecule is Nc1ncc(-c2cc(N3CC4CC3CO4)nc(C3CC(F)(F)C3)n2)cc1OC(F)F. The van der Waals surface area contributed by atoms with Crippen LogP contribution in [0.3, 0.4) is 0 Å². The number of hydrogen-bond donors (Lipinski definition) is 1. The van der Waals surface area contributed by atoms with Crippen molar-refractivity contribution in [3.05, 3.63) is 24.2 Å². The lowest BCUT2D eigenvalue weighted by Crippen LogP contribution is -2.38. The summed E-state index contributed by atoms with van der Waals surface area (Å²) in [5, 5.41) is 0. The van der Waals surface area contributed by atoms with Gasteiger partial charge in [0.2, 0.25) is 5.92 Å². The van der Waals surface area contributed by atoms with E-state index in [1.54, 1.807) is 6.07 Å². The molecule has 2 aliphatic heterocycles. The normalized spacial score (nSPS) is 25.0. The van der Waals surface area contributed by atoms with Gasteiger partial charge in [-0.25, -0.2) is 23.7 Å². The molecule has 2 bridgehead atoms. The quantitative estimate of drug-likeness (QED) is 0.736. The first-order valence-corrected chi connectivity index (χ1v) is 9.63. The van der Waals surface area contributed by atoms with Gasteiger partial charge in [0.1, 0.15) is 11.6 Å². The largest absolute Gasteiger partial charge is 0.431 e. The summed E-state index contributed by atoms with van der Waals surface area (Å²) in [6.07, 6.45) is 1.76. The third kappa shape index (κ3) is 3.51. The highest BCUT2D eigenvalue weighted by molar-refractivity contribution is 5.67. The Balaban J connectivity index is 1.53. The van der Waals surface area contributed by atoms with Crippen molar-refractivity contribution in [3.8, 4) is 17.0 Å². The molecule has 2 unspecified atom stereocenters. The average molecular weight is 425 g/mol. The van der Waals surface area contributed by atoms with Gasteiger partial charge in [0.25, 0.3) is 0 Å². The number of nitrogen functional groups attached to an aromatic ring is 1. The molecule has 1 aliphatic carbocycles. The fourth-order valence-electron chi connectivity index (χ4n) is 4.24. The second-order valence-electron chi connectivity index (χ2n) is 7.91. The Morgan fingerprint density at radius 3 is 2.67 bits per heavy atom. The molecule has 3 aliphatic rings. The lowest BCUT2D eigenvalue weighted by atomic mass is 9.80. The second-order valence-corrected chi connectivity index (χ2v) is 7.91. The molecule has 11 heteroatoms. The zero-order valence-electron chi connectivity index (χ0n) is 15.8. The van der Waals surface area contributed by atoms with Crippen LogP contribution in [0.4, 0.5) is 29.2 Å². The van der Waals surface area contributed by atoms with Crippen molar-refractivity contribution in [1.82, 2.24) is 15.0 Å². The van der Waals surface area contributed by atoms with E-state index in [0.29, 0.717) is 36.1 Å². The molecule has 2 aromatic heterocycles. The van der Waals surface area contributed by atoms with Gasteiger partial charge < -0.3 is 20.1 Å². The van der Waals surface area contributed by atoms with E-state index >= 15 is 0 Å². The Morgan fingerprint density at radius 2 is 2.03 bits per heavy atom. The number of morpholine rings is 1. The molecule has 2 saturated heterocycles. The highest BCUT2D eigenvalue weighted by Crippen LogP contribution is 2.48. The number of ether oxygens (including phenoxy) is 2. The van der Waals surface area contributed by atoms with E-state index < -0.39 is 18.5 Å². The molecule has 3 fully saturated rings. The first-order chi connectivity index (χ1) is 14.3. The molecule has 2 atom stereocenters. The van der Waals surface area contributed by atoms with Crippen molar-refractivity contribution in [2.45, 2.75) is 49.9 Å². The molecule has 1 saturated carbocycles. The molecule has 4 heterocycles. The number of nitrogens with zero attached hydrogens (tertiary/aromatic N) is 4. The maximum Gasteiger partial charge on any atom is 0.387 e. The molecule has 0 spiro atoms. The lowest BCUT2D eigenvalue weighted by Gasteiger charge is -2.35. The van der Waals surface area contributed by atoms with Gasteiger partial charge in [-0.15, -0.1) is 0 Å². The van der Waals surface area contributed by atoms with Gasteiger partial charge in [-0.3, -0.25) is 0 Å². The van der Waals surface area contributed by atoms with Crippen molar-refractivity contribution < 1.29 is 27.0 Å². The number of anilines is 2. The fraction of sp³-hybridized carbons (Fsp3) is 0.526. The Morgan fingerprint density at radius 1 is 1.23 bits per heavy atom. The summed E-state index contributed by atoms with van der Waals surface area (Å²) < 4.78 is 62.3. The van der Waals surface area contributed by atoms with Crippen molar-refractivity contribution in [2.75, 3.05) is 23.8 Å². The summed E-state index contributed by atoms with van der Waals surface area (Å²) in [7, 11) is 0. The molecule has 2 N–H and O–H groups in total. The Labute approximate surface area is 169 Å². The number of halogens is 4. The molecule has 0 amide bonds. The first kappa shape index (κ1) is 19.3. The number of nitrogens with two attached hydrogens (primary N) is 1. The number of fused-ring (bicyclic) bond motifs is 2.